The highest BCUT2D eigenvalue weighted by Gasteiger charge is 2.38. The summed E-state index contributed by atoms with van der Waals surface area (Å²) in [7, 11) is 1.65. The summed E-state index contributed by atoms with van der Waals surface area (Å²) in [5.74, 6) is 0.106. The zero-order chi connectivity index (χ0) is 17.9. The van der Waals surface area contributed by atoms with Gasteiger partial charge in [0.1, 0.15) is 12.4 Å². The van der Waals surface area contributed by atoms with Crippen molar-refractivity contribution >= 4 is 17.8 Å². The predicted molar refractivity (Wildman–Crippen MR) is 85.8 cm³/mol. The van der Waals surface area contributed by atoms with Gasteiger partial charge < -0.3 is 14.8 Å². The van der Waals surface area contributed by atoms with E-state index in [2.05, 4.69) is 15.5 Å². The largest absolute Gasteiger partial charge is 0.338 e. The molecule has 0 saturated carbocycles. The molecule has 1 aliphatic heterocycles. The fraction of sp³-hybridized carbons (Fsp3) is 0.667. The lowest BCUT2D eigenvalue weighted by Gasteiger charge is -2.19. The van der Waals surface area contributed by atoms with Crippen LogP contribution in [-0.4, -0.2) is 62.0 Å². The molecule has 2 rings (SSSR count). The van der Waals surface area contributed by atoms with Gasteiger partial charge in [0.05, 0.1) is 13.0 Å². The molecule has 2 heterocycles. The van der Waals surface area contributed by atoms with Crippen molar-refractivity contribution < 1.29 is 14.4 Å². The number of imide groups is 1. The maximum absolute atomic E-state index is 12.4. The Hall–Kier alpha value is -2.45. The number of aromatic nitrogens is 3. The number of nitrogens with zero attached hydrogens (tertiary/aromatic N) is 5. The van der Waals surface area contributed by atoms with E-state index in [0.717, 1.165) is 4.90 Å². The second kappa shape index (κ2) is 7.41. The van der Waals surface area contributed by atoms with E-state index in [9.17, 15) is 14.4 Å². The summed E-state index contributed by atoms with van der Waals surface area (Å²) in [6, 6.07) is -1.03. The molecular weight excluding hydrogens is 312 g/mol. The lowest BCUT2D eigenvalue weighted by molar-refractivity contribution is -0.135. The SMILES string of the molecule is CCCN1C(=O)N[C@@H](CC(=O)N(C)Cc2nncn2C(C)C)C1=O. The third-order valence-electron chi connectivity index (χ3n) is 3.94. The molecule has 132 valence electrons. The third-order valence-corrected chi connectivity index (χ3v) is 3.94. The number of urea groups is 1. The minimum atomic E-state index is -0.790. The summed E-state index contributed by atoms with van der Waals surface area (Å²) in [4.78, 5) is 39.0. The van der Waals surface area contributed by atoms with Gasteiger partial charge in [-0.15, -0.1) is 10.2 Å². The predicted octanol–water partition coefficient (Wildman–Crippen LogP) is 0.538. The Morgan fingerprint density at radius 1 is 1.42 bits per heavy atom. The molecule has 0 radical (unpaired) electrons. The molecule has 1 saturated heterocycles. The van der Waals surface area contributed by atoms with Crippen molar-refractivity contribution in [3.05, 3.63) is 12.2 Å². The van der Waals surface area contributed by atoms with Gasteiger partial charge in [0, 0.05) is 19.6 Å². The molecule has 1 aliphatic rings. The molecule has 1 aromatic heterocycles. The van der Waals surface area contributed by atoms with Gasteiger partial charge in [-0.25, -0.2) is 4.79 Å². The number of carbonyl (C=O) groups is 3. The highest BCUT2D eigenvalue weighted by molar-refractivity contribution is 6.05. The molecule has 4 amide bonds. The van der Waals surface area contributed by atoms with Crippen LogP contribution in [0.3, 0.4) is 0 Å². The molecule has 0 aliphatic carbocycles. The van der Waals surface area contributed by atoms with Crippen molar-refractivity contribution in [1.82, 2.24) is 29.9 Å². The van der Waals surface area contributed by atoms with Gasteiger partial charge in [-0.3, -0.25) is 14.5 Å². The van der Waals surface area contributed by atoms with Crippen LogP contribution < -0.4 is 5.32 Å². The first-order chi connectivity index (χ1) is 11.3. The Morgan fingerprint density at radius 3 is 2.75 bits per heavy atom. The molecule has 1 N–H and O–H groups in total. The van der Waals surface area contributed by atoms with Crippen LogP contribution in [0.5, 0.6) is 0 Å². The zero-order valence-electron chi connectivity index (χ0n) is 14.5. The van der Waals surface area contributed by atoms with E-state index in [-0.39, 0.29) is 24.3 Å². The molecule has 1 fully saturated rings. The van der Waals surface area contributed by atoms with Gasteiger partial charge in [-0.1, -0.05) is 6.92 Å². The first kappa shape index (κ1) is 17.9. The van der Waals surface area contributed by atoms with Gasteiger partial charge in [0.25, 0.3) is 5.91 Å². The minimum absolute atomic E-state index is 0.0584. The molecule has 24 heavy (non-hydrogen) atoms. The van der Waals surface area contributed by atoms with Crippen molar-refractivity contribution in [2.45, 2.75) is 52.2 Å². The molecule has 0 unspecified atom stereocenters. The van der Waals surface area contributed by atoms with Crippen LogP contribution in [0.1, 0.15) is 45.5 Å². The summed E-state index contributed by atoms with van der Waals surface area (Å²) in [6.07, 6.45) is 2.25. The summed E-state index contributed by atoms with van der Waals surface area (Å²) in [5.41, 5.74) is 0. The van der Waals surface area contributed by atoms with Crippen molar-refractivity contribution in [2.24, 2.45) is 0 Å². The van der Waals surface area contributed by atoms with Crippen LogP contribution in [0.15, 0.2) is 6.33 Å². The first-order valence-electron chi connectivity index (χ1n) is 8.09. The molecule has 0 spiro atoms. The molecular formula is C15H24N6O3. The molecule has 0 bridgehead atoms. The fourth-order valence-corrected chi connectivity index (χ4v) is 2.59. The second-order valence-electron chi connectivity index (χ2n) is 6.19. The maximum atomic E-state index is 12.4. The van der Waals surface area contributed by atoms with Crippen molar-refractivity contribution in [1.29, 1.82) is 0 Å². The summed E-state index contributed by atoms with van der Waals surface area (Å²) in [6.45, 7) is 6.55. The Balaban J connectivity index is 1.96. The van der Waals surface area contributed by atoms with E-state index in [1.54, 1.807) is 13.4 Å². The van der Waals surface area contributed by atoms with Gasteiger partial charge in [-0.2, -0.15) is 0 Å². The number of hydrogen-bond acceptors (Lipinski definition) is 5. The van der Waals surface area contributed by atoms with E-state index < -0.39 is 12.1 Å². The lowest BCUT2D eigenvalue weighted by Crippen LogP contribution is -2.37. The van der Waals surface area contributed by atoms with Crippen LogP contribution >= 0.6 is 0 Å². The quantitative estimate of drug-likeness (QED) is 0.732. The Labute approximate surface area is 141 Å². The van der Waals surface area contributed by atoms with E-state index in [4.69, 9.17) is 0 Å². The maximum Gasteiger partial charge on any atom is 0.324 e. The van der Waals surface area contributed by atoms with Gasteiger partial charge in [0.15, 0.2) is 5.82 Å². The van der Waals surface area contributed by atoms with Gasteiger partial charge in [0.2, 0.25) is 5.91 Å². The van der Waals surface area contributed by atoms with Crippen LogP contribution in [0, 0.1) is 0 Å². The summed E-state index contributed by atoms with van der Waals surface area (Å²) in [5, 5.41) is 10.5. The van der Waals surface area contributed by atoms with Crippen molar-refractivity contribution in [2.75, 3.05) is 13.6 Å². The normalized spacial score (nSPS) is 17.5. The zero-order valence-corrected chi connectivity index (χ0v) is 14.5. The highest BCUT2D eigenvalue weighted by atomic mass is 16.2. The Morgan fingerprint density at radius 2 is 2.12 bits per heavy atom. The van der Waals surface area contributed by atoms with Crippen molar-refractivity contribution in [3.63, 3.8) is 0 Å². The molecule has 1 atom stereocenters. The number of nitrogens with one attached hydrogen (secondary N) is 1. The van der Waals surface area contributed by atoms with E-state index in [1.807, 2.05) is 25.3 Å². The van der Waals surface area contributed by atoms with Crippen LogP contribution in [0.4, 0.5) is 4.79 Å². The number of hydrogen-bond donors (Lipinski definition) is 1. The summed E-state index contributed by atoms with van der Waals surface area (Å²) < 4.78 is 1.88. The molecule has 0 aromatic carbocycles. The molecule has 9 nitrogen and oxygen atoms in total. The van der Waals surface area contributed by atoms with E-state index in [1.165, 1.54) is 4.90 Å². The van der Waals surface area contributed by atoms with E-state index >= 15 is 0 Å². The third kappa shape index (κ3) is 3.72. The average molecular weight is 336 g/mol. The Bertz CT molecular complexity index is 626. The average Bonchev–Trinajstić information content (AvgIpc) is 3.08. The monoisotopic (exact) mass is 336 g/mol. The summed E-state index contributed by atoms with van der Waals surface area (Å²) >= 11 is 0. The molecule has 9 heteroatoms. The molecule has 1 aromatic rings. The highest BCUT2D eigenvalue weighted by Crippen LogP contribution is 2.13. The minimum Gasteiger partial charge on any atom is -0.338 e. The number of amides is 4. The smallest absolute Gasteiger partial charge is 0.324 e. The van der Waals surface area contributed by atoms with Crippen LogP contribution in [-0.2, 0) is 16.1 Å². The van der Waals surface area contributed by atoms with Crippen LogP contribution in [0.2, 0.25) is 0 Å². The van der Waals surface area contributed by atoms with Crippen molar-refractivity contribution in [3.8, 4) is 0 Å². The van der Waals surface area contributed by atoms with E-state index in [0.29, 0.717) is 25.3 Å². The van der Waals surface area contributed by atoms with Crippen LogP contribution in [0.25, 0.3) is 0 Å². The standard InChI is InChI=1S/C15H24N6O3/c1-5-6-20-14(23)11(17-15(20)24)7-13(22)19(4)8-12-18-16-9-21(12)10(2)3/h9-11H,5-8H2,1-4H3,(H,17,24)/t11-/m0/s1. The lowest BCUT2D eigenvalue weighted by atomic mass is 10.2. The fourth-order valence-electron chi connectivity index (χ4n) is 2.59. The Kier molecular flexibility index (Phi) is 5.53. The first-order valence-corrected chi connectivity index (χ1v) is 8.09. The number of carbonyl (C=O) groups excluding carboxylic acids is 3. The van der Waals surface area contributed by atoms with Gasteiger partial charge >= 0.3 is 6.03 Å². The van der Waals surface area contributed by atoms with Gasteiger partial charge in [-0.05, 0) is 20.3 Å². The topological polar surface area (TPSA) is 100 Å². The second-order valence-corrected chi connectivity index (χ2v) is 6.19. The number of rotatable bonds is 7.